The molecule has 0 aliphatic carbocycles. The van der Waals surface area contributed by atoms with Crippen LogP contribution in [-0.2, 0) is 27.0 Å². The maximum absolute atomic E-state index is 13.3. The smallest absolute Gasteiger partial charge is 0.416 e. The highest BCUT2D eigenvalue weighted by Crippen LogP contribution is 2.45. The molecule has 1 heterocycles. The van der Waals surface area contributed by atoms with Crippen LogP contribution in [0, 0.1) is 5.82 Å². The number of carboxylic acids is 1. The third-order valence-corrected chi connectivity index (χ3v) is 4.58. The first kappa shape index (κ1) is 20.7. The maximum Gasteiger partial charge on any atom is 0.416 e. The number of aliphatic carboxylic acids is 1. The van der Waals surface area contributed by atoms with Gasteiger partial charge < -0.3 is 19.5 Å². The highest BCUT2D eigenvalue weighted by Gasteiger charge is 2.40. The molecule has 0 spiro atoms. The maximum atomic E-state index is 13.3. The number of carboxylic acid groups (broad SMARTS) is 1. The average molecular weight is 411 g/mol. The molecular weight excluding hydrogens is 394 g/mol. The van der Waals surface area contributed by atoms with E-state index in [0.29, 0.717) is 5.56 Å². The van der Waals surface area contributed by atoms with Crippen LogP contribution in [0.3, 0.4) is 0 Å². The van der Waals surface area contributed by atoms with Crippen molar-refractivity contribution in [2.75, 3.05) is 19.1 Å². The minimum absolute atomic E-state index is 0.0367. The predicted octanol–water partition coefficient (Wildman–Crippen LogP) is 4.49. The average Bonchev–Trinajstić information content (AvgIpc) is 2.67. The molecule has 1 N–H and O–H groups in total. The first-order valence-electron chi connectivity index (χ1n) is 8.44. The van der Waals surface area contributed by atoms with Gasteiger partial charge >= 0.3 is 12.1 Å². The number of halogens is 4. The molecule has 1 atom stereocenters. The molecule has 1 aliphatic rings. The zero-order valence-electron chi connectivity index (χ0n) is 15.5. The van der Waals surface area contributed by atoms with Crippen molar-refractivity contribution in [3.8, 4) is 0 Å². The number of benzene rings is 2. The molecule has 0 amide bonds. The van der Waals surface area contributed by atoms with Crippen LogP contribution in [0.5, 0.6) is 0 Å². The molecule has 0 bridgehead atoms. The number of alkyl halides is 3. The van der Waals surface area contributed by atoms with E-state index in [1.54, 1.807) is 0 Å². The third kappa shape index (κ3) is 3.91. The Bertz CT molecular complexity index is 954. The highest BCUT2D eigenvalue weighted by atomic mass is 19.4. The summed E-state index contributed by atoms with van der Waals surface area (Å²) in [5, 5.41) is 9.70. The number of rotatable bonds is 5. The second-order valence-electron chi connectivity index (χ2n) is 6.33. The number of fused-ring (bicyclic) bond motifs is 1. The summed E-state index contributed by atoms with van der Waals surface area (Å²) in [6.45, 7) is -0.0367. The lowest BCUT2D eigenvalue weighted by molar-refractivity contribution is -0.138. The van der Waals surface area contributed by atoms with Crippen molar-refractivity contribution in [1.29, 1.82) is 0 Å². The van der Waals surface area contributed by atoms with Gasteiger partial charge in [0.05, 0.1) is 24.9 Å². The van der Waals surface area contributed by atoms with E-state index >= 15 is 0 Å². The SMILES string of the molecule is COC1=C(C(=O)O)C(OC)c2ccc(C(F)(F)F)cc2N1Cc1ccc(F)cc1. The van der Waals surface area contributed by atoms with Crippen molar-refractivity contribution in [2.24, 2.45) is 0 Å². The fraction of sp³-hybridized carbons (Fsp3) is 0.250. The molecule has 5 nitrogen and oxygen atoms in total. The molecule has 1 aliphatic heterocycles. The molecule has 2 aromatic carbocycles. The van der Waals surface area contributed by atoms with E-state index in [9.17, 15) is 27.5 Å². The fourth-order valence-electron chi connectivity index (χ4n) is 3.30. The van der Waals surface area contributed by atoms with E-state index in [-0.39, 0.29) is 29.3 Å². The van der Waals surface area contributed by atoms with Gasteiger partial charge in [-0.25, -0.2) is 9.18 Å². The number of hydrogen-bond acceptors (Lipinski definition) is 4. The van der Waals surface area contributed by atoms with E-state index in [4.69, 9.17) is 9.47 Å². The van der Waals surface area contributed by atoms with E-state index in [0.717, 1.165) is 12.1 Å². The molecule has 29 heavy (non-hydrogen) atoms. The molecule has 0 radical (unpaired) electrons. The fourth-order valence-corrected chi connectivity index (χ4v) is 3.30. The largest absolute Gasteiger partial charge is 0.482 e. The number of hydrogen-bond donors (Lipinski definition) is 1. The minimum Gasteiger partial charge on any atom is -0.482 e. The second-order valence-corrected chi connectivity index (χ2v) is 6.33. The van der Waals surface area contributed by atoms with E-state index < -0.39 is 29.6 Å². The monoisotopic (exact) mass is 411 g/mol. The molecule has 1 unspecified atom stereocenters. The molecule has 0 saturated carbocycles. The molecule has 3 rings (SSSR count). The van der Waals surface area contributed by atoms with Crippen molar-refractivity contribution in [3.05, 3.63) is 76.4 Å². The van der Waals surface area contributed by atoms with Gasteiger partial charge in [0.1, 0.15) is 17.5 Å². The van der Waals surface area contributed by atoms with Crippen LogP contribution in [0.4, 0.5) is 23.2 Å². The lowest BCUT2D eigenvalue weighted by Gasteiger charge is -2.37. The van der Waals surface area contributed by atoms with Gasteiger partial charge in [-0.15, -0.1) is 0 Å². The lowest BCUT2D eigenvalue weighted by atomic mass is 9.93. The summed E-state index contributed by atoms with van der Waals surface area (Å²) in [5.74, 6) is -1.95. The number of anilines is 1. The van der Waals surface area contributed by atoms with Crippen LogP contribution in [0.2, 0.25) is 0 Å². The predicted molar refractivity (Wildman–Crippen MR) is 95.4 cm³/mol. The van der Waals surface area contributed by atoms with Crippen molar-refractivity contribution in [3.63, 3.8) is 0 Å². The van der Waals surface area contributed by atoms with Crippen LogP contribution < -0.4 is 4.90 Å². The third-order valence-electron chi connectivity index (χ3n) is 4.58. The van der Waals surface area contributed by atoms with Gasteiger partial charge in [-0.05, 0) is 29.8 Å². The first-order valence-corrected chi connectivity index (χ1v) is 8.44. The highest BCUT2D eigenvalue weighted by molar-refractivity contribution is 5.91. The summed E-state index contributed by atoms with van der Waals surface area (Å²) in [6.07, 6.45) is -5.72. The van der Waals surface area contributed by atoms with Gasteiger partial charge in [-0.2, -0.15) is 13.2 Å². The summed E-state index contributed by atoms with van der Waals surface area (Å²) in [6, 6.07) is 8.31. The van der Waals surface area contributed by atoms with E-state index in [1.807, 2.05) is 0 Å². The topological polar surface area (TPSA) is 59.0 Å². The Morgan fingerprint density at radius 3 is 2.31 bits per heavy atom. The summed E-state index contributed by atoms with van der Waals surface area (Å²) in [5.41, 5.74) is -0.252. The quantitative estimate of drug-likeness (QED) is 0.735. The molecule has 9 heteroatoms. The van der Waals surface area contributed by atoms with Crippen molar-refractivity contribution >= 4 is 11.7 Å². The zero-order valence-corrected chi connectivity index (χ0v) is 15.5. The number of carbonyl (C=O) groups is 1. The van der Waals surface area contributed by atoms with Gasteiger partial charge in [0.2, 0.25) is 5.88 Å². The van der Waals surface area contributed by atoms with Crippen LogP contribution in [0.25, 0.3) is 0 Å². The zero-order chi connectivity index (χ0) is 21.3. The Morgan fingerprint density at radius 2 is 1.79 bits per heavy atom. The first-order chi connectivity index (χ1) is 13.7. The van der Waals surface area contributed by atoms with Crippen LogP contribution in [0.1, 0.15) is 22.8 Å². The van der Waals surface area contributed by atoms with Crippen molar-refractivity contribution in [2.45, 2.75) is 18.8 Å². The Labute approximate surface area is 163 Å². The summed E-state index contributed by atoms with van der Waals surface area (Å²) < 4.78 is 63.7. The molecule has 0 saturated heterocycles. The standard InChI is InChI=1S/C20H17F4NO4/c1-28-17-14-8-5-12(20(22,23)24)9-15(14)25(18(29-2)16(17)19(26)27)10-11-3-6-13(21)7-4-11/h3-9,17H,10H2,1-2H3,(H,26,27). The number of nitrogens with zero attached hydrogens (tertiary/aromatic N) is 1. The van der Waals surface area contributed by atoms with Gasteiger partial charge in [-0.3, -0.25) is 0 Å². The van der Waals surface area contributed by atoms with E-state index in [1.165, 1.54) is 49.5 Å². The molecule has 0 fully saturated rings. The van der Waals surface area contributed by atoms with Gasteiger partial charge in [0.25, 0.3) is 0 Å². The Kier molecular flexibility index (Phi) is 5.52. The van der Waals surface area contributed by atoms with Gasteiger partial charge in [0, 0.05) is 12.7 Å². The van der Waals surface area contributed by atoms with Crippen LogP contribution >= 0.6 is 0 Å². The minimum atomic E-state index is -4.59. The second kappa shape index (κ2) is 7.75. The Hall–Kier alpha value is -3.07. The lowest BCUT2D eigenvalue weighted by Crippen LogP contribution is -2.34. The van der Waals surface area contributed by atoms with Gasteiger partial charge in [-0.1, -0.05) is 18.2 Å². The number of ether oxygens (including phenoxy) is 2. The van der Waals surface area contributed by atoms with Crippen LogP contribution in [-0.4, -0.2) is 25.3 Å². The Balaban J connectivity index is 2.22. The van der Waals surface area contributed by atoms with Gasteiger partial charge in [0.15, 0.2) is 0 Å². The molecular formula is C20H17F4NO4. The molecule has 0 aromatic heterocycles. The summed E-state index contributed by atoms with van der Waals surface area (Å²) in [4.78, 5) is 13.2. The van der Waals surface area contributed by atoms with Crippen molar-refractivity contribution < 1.29 is 36.9 Å². The summed E-state index contributed by atoms with van der Waals surface area (Å²) >= 11 is 0. The molecule has 2 aromatic rings. The van der Waals surface area contributed by atoms with E-state index in [2.05, 4.69) is 0 Å². The van der Waals surface area contributed by atoms with Crippen molar-refractivity contribution in [1.82, 2.24) is 0 Å². The van der Waals surface area contributed by atoms with Crippen LogP contribution in [0.15, 0.2) is 53.9 Å². The Morgan fingerprint density at radius 1 is 1.14 bits per heavy atom. The number of methoxy groups -OCH3 is 2. The normalized spacial score (nSPS) is 16.6. The summed E-state index contributed by atoms with van der Waals surface area (Å²) in [7, 11) is 2.49. The molecule has 154 valence electrons.